The van der Waals surface area contributed by atoms with Crippen molar-refractivity contribution in [3.05, 3.63) is 34.3 Å². The average molecular weight is 308 g/mol. The summed E-state index contributed by atoms with van der Waals surface area (Å²) in [7, 11) is 0. The van der Waals surface area contributed by atoms with E-state index in [2.05, 4.69) is 22.5 Å². The van der Waals surface area contributed by atoms with Crippen LogP contribution in [0.2, 0.25) is 5.02 Å². The van der Waals surface area contributed by atoms with E-state index in [0.717, 1.165) is 0 Å². The first-order valence-electron chi connectivity index (χ1n) is 6.56. The Morgan fingerprint density at radius 3 is 2.71 bits per heavy atom. The third-order valence-electron chi connectivity index (χ3n) is 2.65. The molecule has 21 heavy (non-hydrogen) atoms. The first-order valence-corrected chi connectivity index (χ1v) is 6.94. The van der Waals surface area contributed by atoms with Gasteiger partial charge in [0.05, 0.1) is 11.6 Å². The predicted octanol–water partition coefficient (Wildman–Crippen LogP) is 0.905. The van der Waals surface area contributed by atoms with Gasteiger partial charge in [0, 0.05) is 17.7 Å². The molecule has 0 spiro atoms. The van der Waals surface area contributed by atoms with Crippen LogP contribution >= 0.6 is 11.6 Å². The summed E-state index contributed by atoms with van der Waals surface area (Å²) in [5, 5.41) is 5.61. The summed E-state index contributed by atoms with van der Waals surface area (Å²) in [6.45, 7) is 4.18. The normalized spacial score (nSPS) is 11.0. The Bertz CT molecular complexity index is 590. The fraction of sp³-hybridized carbons (Fsp3) is 0.333. The van der Waals surface area contributed by atoms with Gasteiger partial charge >= 0.3 is 0 Å². The molecule has 112 valence electrons. The number of benzene rings is 1. The van der Waals surface area contributed by atoms with Gasteiger partial charge in [0.2, 0.25) is 5.91 Å². The van der Waals surface area contributed by atoms with Gasteiger partial charge < -0.3 is 16.4 Å². The number of hydrogen-bond donors (Lipinski definition) is 3. The Hall–Kier alpha value is -2.03. The standard InChI is InChI=1S/C15H18ClN3O2/c1-3-18-14(20)10(2)19-15(21)12-7-6-11(5-4-8-17)13(16)9-12/h6-7,9-10H,3,8,17H2,1-2H3,(H,18,20)(H,19,21). The average Bonchev–Trinajstić information content (AvgIpc) is 2.46. The van der Waals surface area contributed by atoms with Crippen molar-refractivity contribution in [3.8, 4) is 11.8 Å². The summed E-state index contributed by atoms with van der Waals surface area (Å²) in [6.07, 6.45) is 0. The molecule has 0 aliphatic heterocycles. The molecule has 0 saturated heterocycles. The Labute approximate surface area is 129 Å². The number of halogens is 1. The Morgan fingerprint density at radius 1 is 1.43 bits per heavy atom. The number of likely N-dealkylation sites (N-methyl/N-ethyl adjacent to an activating group) is 1. The van der Waals surface area contributed by atoms with Gasteiger partial charge in [-0.3, -0.25) is 9.59 Å². The quantitative estimate of drug-likeness (QED) is 0.723. The highest BCUT2D eigenvalue weighted by Crippen LogP contribution is 2.17. The Kier molecular flexibility index (Phi) is 6.73. The minimum absolute atomic E-state index is 0.234. The van der Waals surface area contributed by atoms with E-state index in [4.69, 9.17) is 17.3 Å². The van der Waals surface area contributed by atoms with Gasteiger partial charge in [0.15, 0.2) is 0 Å². The third kappa shape index (κ3) is 5.10. The molecule has 5 nitrogen and oxygen atoms in total. The largest absolute Gasteiger partial charge is 0.355 e. The first-order chi connectivity index (χ1) is 9.99. The van der Waals surface area contributed by atoms with Crippen molar-refractivity contribution in [2.45, 2.75) is 19.9 Å². The molecule has 0 saturated carbocycles. The molecule has 1 atom stereocenters. The molecule has 6 heteroatoms. The lowest BCUT2D eigenvalue weighted by atomic mass is 10.1. The molecule has 0 bridgehead atoms. The first kappa shape index (κ1) is 17.0. The fourth-order valence-electron chi connectivity index (χ4n) is 1.58. The molecule has 0 aliphatic rings. The van der Waals surface area contributed by atoms with E-state index >= 15 is 0 Å². The topological polar surface area (TPSA) is 84.2 Å². The van der Waals surface area contributed by atoms with Crippen LogP contribution in [0.15, 0.2) is 18.2 Å². The number of rotatable bonds is 4. The van der Waals surface area contributed by atoms with Gasteiger partial charge in [-0.2, -0.15) is 0 Å². The van der Waals surface area contributed by atoms with Crippen LogP contribution in [0.3, 0.4) is 0 Å². The number of amides is 2. The maximum atomic E-state index is 12.0. The van der Waals surface area contributed by atoms with Crippen LogP contribution < -0.4 is 16.4 Å². The maximum Gasteiger partial charge on any atom is 0.251 e. The van der Waals surface area contributed by atoms with E-state index in [1.165, 1.54) is 6.07 Å². The number of nitrogens with two attached hydrogens (primary N) is 1. The van der Waals surface area contributed by atoms with Crippen LogP contribution in [0.1, 0.15) is 29.8 Å². The van der Waals surface area contributed by atoms with Gasteiger partial charge in [-0.25, -0.2) is 0 Å². The van der Waals surface area contributed by atoms with Crippen molar-refractivity contribution in [3.63, 3.8) is 0 Å². The fourth-order valence-corrected chi connectivity index (χ4v) is 1.80. The highest BCUT2D eigenvalue weighted by atomic mass is 35.5. The molecule has 0 aliphatic carbocycles. The van der Waals surface area contributed by atoms with Gasteiger partial charge in [-0.05, 0) is 32.0 Å². The van der Waals surface area contributed by atoms with Gasteiger partial charge in [-0.15, -0.1) is 0 Å². The molecule has 1 aromatic rings. The highest BCUT2D eigenvalue weighted by Gasteiger charge is 2.16. The van der Waals surface area contributed by atoms with Crippen LogP contribution in [-0.2, 0) is 4.79 Å². The number of nitrogens with one attached hydrogen (secondary N) is 2. The lowest BCUT2D eigenvalue weighted by Crippen LogP contribution is -2.44. The van der Waals surface area contributed by atoms with Crippen LogP contribution in [0, 0.1) is 11.8 Å². The summed E-state index contributed by atoms with van der Waals surface area (Å²) < 4.78 is 0. The second kappa shape index (κ2) is 8.30. The summed E-state index contributed by atoms with van der Waals surface area (Å²) in [4.78, 5) is 23.6. The van der Waals surface area contributed by atoms with Crippen LogP contribution in [0.4, 0.5) is 0 Å². The summed E-state index contributed by atoms with van der Waals surface area (Å²) >= 11 is 6.06. The lowest BCUT2D eigenvalue weighted by molar-refractivity contribution is -0.122. The minimum Gasteiger partial charge on any atom is -0.355 e. The zero-order valence-corrected chi connectivity index (χ0v) is 12.8. The highest BCUT2D eigenvalue weighted by molar-refractivity contribution is 6.32. The molecular formula is C15H18ClN3O2. The van der Waals surface area contributed by atoms with E-state index in [9.17, 15) is 9.59 Å². The van der Waals surface area contributed by atoms with Gasteiger partial charge in [0.25, 0.3) is 5.91 Å². The minimum atomic E-state index is -0.618. The Balaban J connectivity index is 2.80. The van der Waals surface area contributed by atoms with Crippen molar-refractivity contribution in [1.82, 2.24) is 10.6 Å². The van der Waals surface area contributed by atoms with E-state index < -0.39 is 6.04 Å². The van der Waals surface area contributed by atoms with E-state index in [-0.39, 0.29) is 18.4 Å². The molecule has 0 heterocycles. The molecule has 1 aromatic carbocycles. The summed E-state index contributed by atoms with van der Waals surface area (Å²) in [6, 6.07) is 4.15. The number of carbonyl (C=O) groups excluding carboxylic acids is 2. The van der Waals surface area contributed by atoms with Crippen molar-refractivity contribution < 1.29 is 9.59 Å². The van der Waals surface area contributed by atoms with Gasteiger partial charge in [0.1, 0.15) is 6.04 Å². The molecule has 0 aromatic heterocycles. The Morgan fingerprint density at radius 2 is 2.14 bits per heavy atom. The number of hydrogen-bond acceptors (Lipinski definition) is 3. The number of carbonyl (C=O) groups is 2. The second-order valence-corrected chi connectivity index (χ2v) is 4.70. The van der Waals surface area contributed by atoms with E-state index in [1.807, 2.05) is 6.92 Å². The van der Waals surface area contributed by atoms with Gasteiger partial charge in [-0.1, -0.05) is 23.4 Å². The van der Waals surface area contributed by atoms with Crippen molar-refractivity contribution in [1.29, 1.82) is 0 Å². The smallest absolute Gasteiger partial charge is 0.251 e. The summed E-state index contributed by atoms with van der Waals surface area (Å²) in [5.74, 6) is 4.91. The summed E-state index contributed by atoms with van der Waals surface area (Å²) in [5.41, 5.74) is 6.27. The molecule has 0 fully saturated rings. The zero-order chi connectivity index (χ0) is 15.8. The van der Waals surface area contributed by atoms with E-state index in [1.54, 1.807) is 19.1 Å². The molecule has 2 amide bonds. The zero-order valence-electron chi connectivity index (χ0n) is 12.0. The van der Waals surface area contributed by atoms with Crippen LogP contribution in [0.25, 0.3) is 0 Å². The lowest BCUT2D eigenvalue weighted by Gasteiger charge is -2.13. The molecule has 1 rings (SSSR count). The van der Waals surface area contributed by atoms with Crippen LogP contribution in [0.5, 0.6) is 0 Å². The SMILES string of the molecule is CCNC(=O)C(C)NC(=O)c1ccc(C#CCN)c(Cl)c1. The molecular weight excluding hydrogens is 290 g/mol. The molecule has 4 N–H and O–H groups in total. The monoisotopic (exact) mass is 307 g/mol. The van der Waals surface area contributed by atoms with Crippen molar-refractivity contribution in [2.75, 3.05) is 13.1 Å². The third-order valence-corrected chi connectivity index (χ3v) is 2.96. The van der Waals surface area contributed by atoms with Crippen molar-refractivity contribution in [2.24, 2.45) is 5.73 Å². The second-order valence-electron chi connectivity index (χ2n) is 4.29. The molecule has 0 radical (unpaired) electrons. The predicted molar refractivity (Wildman–Crippen MR) is 83.0 cm³/mol. The van der Waals surface area contributed by atoms with Crippen molar-refractivity contribution >= 4 is 23.4 Å². The van der Waals surface area contributed by atoms with E-state index in [0.29, 0.717) is 22.7 Å². The van der Waals surface area contributed by atoms with Crippen LogP contribution in [-0.4, -0.2) is 30.9 Å². The molecule has 1 unspecified atom stereocenters. The maximum absolute atomic E-state index is 12.0.